The predicted molar refractivity (Wildman–Crippen MR) is 186 cm³/mol. The summed E-state index contributed by atoms with van der Waals surface area (Å²) in [4.78, 5) is 0. The molecule has 6 nitrogen and oxygen atoms in total. The molecule has 1 aliphatic heterocycles. The molecular formula is C42H44O6. The van der Waals surface area contributed by atoms with Crippen LogP contribution in [0.1, 0.15) is 35.6 Å². The highest BCUT2D eigenvalue weighted by Gasteiger charge is 2.58. The summed E-state index contributed by atoms with van der Waals surface area (Å²) < 4.78 is 40.8. The highest BCUT2D eigenvalue weighted by Crippen LogP contribution is 2.40. The van der Waals surface area contributed by atoms with Gasteiger partial charge in [0.15, 0.2) is 6.10 Å². The topological polar surface area (TPSA) is 55.4 Å². The van der Waals surface area contributed by atoms with E-state index in [0.29, 0.717) is 38.6 Å². The van der Waals surface area contributed by atoms with Crippen molar-refractivity contribution < 1.29 is 28.4 Å². The molecule has 248 valence electrons. The molecule has 5 atom stereocenters. The highest BCUT2D eigenvalue weighted by molar-refractivity contribution is 5.23. The smallest absolute Gasteiger partial charge is 0.239 e. The molecule has 48 heavy (non-hydrogen) atoms. The van der Waals surface area contributed by atoms with Gasteiger partial charge in [-0.3, -0.25) is 0 Å². The summed E-state index contributed by atoms with van der Waals surface area (Å²) >= 11 is 0. The van der Waals surface area contributed by atoms with Gasteiger partial charge in [-0.25, -0.2) is 0 Å². The molecule has 0 spiro atoms. The summed E-state index contributed by atoms with van der Waals surface area (Å²) in [6.45, 7) is 3.85. The Hall–Kier alpha value is -4.30. The second-order valence-electron chi connectivity index (χ2n) is 12.0. The fourth-order valence-corrected chi connectivity index (χ4v) is 6.05. The average molecular weight is 645 g/mol. The Balaban J connectivity index is 1.37. The van der Waals surface area contributed by atoms with Crippen LogP contribution in [0.2, 0.25) is 0 Å². The van der Waals surface area contributed by atoms with Crippen molar-refractivity contribution in [1.82, 2.24) is 0 Å². The molecular weight excluding hydrogens is 600 g/mol. The second-order valence-corrected chi connectivity index (χ2v) is 12.0. The molecule has 0 unspecified atom stereocenters. The molecule has 1 fully saturated rings. The van der Waals surface area contributed by atoms with Gasteiger partial charge >= 0.3 is 0 Å². The molecule has 6 heteroatoms. The summed E-state index contributed by atoms with van der Waals surface area (Å²) in [6.07, 6.45) is -1.80. The molecule has 0 aliphatic carbocycles. The molecule has 0 saturated carbocycles. The fraction of sp³-hybridized carbons (Fsp3) is 0.286. The minimum Gasteiger partial charge on any atom is -0.459 e. The third-order valence-corrected chi connectivity index (χ3v) is 8.54. The summed E-state index contributed by atoms with van der Waals surface area (Å²) in [5, 5.41) is 0. The maximum absolute atomic E-state index is 7.07. The van der Waals surface area contributed by atoms with Crippen LogP contribution in [0.25, 0.3) is 0 Å². The molecule has 5 aromatic carbocycles. The number of benzene rings is 5. The lowest BCUT2D eigenvalue weighted by Crippen LogP contribution is -2.69. The Morgan fingerprint density at radius 3 is 1.40 bits per heavy atom. The van der Waals surface area contributed by atoms with Crippen molar-refractivity contribution in [3.05, 3.63) is 174 Å². The van der Waals surface area contributed by atoms with Gasteiger partial charge in [0.05, 0.1) is 33.0 Å². The van der Waals surface area contributed by atoms with Gasteiger partial charge in [0.1, 0.15) is 24.1 Å². The molecule has 5 aromatic rings. The normalized spacial score (nSPS) is 22.3. The molecule has 0 aromatic heterocycles. The monoisotopic (exact) mass is 644 g/mol. The first-order chi connectivity index (χ1) is 23.7. The zero-order valence-electron chi connectivity index (χ0n) is 27.4. The van der Waals surface area contributed by atoms with Crippen LogP contribution in [0, 0.1) is 0 Å². The predicted octanol–water partition coefficient (Wildman–Crippen LogP) is 8.54. The van der Waals surface area contributed by atoms with Crippen LogP contribution in [0.5, 0.6) is 5.75 Å². The van der Waals surface area contributed by atoms with Crippen LogP contribution in [0.15, 0.2) is 152 Å². The zero-order valence-corrected chi connectivity index (χ0v) is 27.4. The van der Waals surface area contributed by atoms with Crippen LogP contribution in [0.3, 0.4) is 0 Å². The van der Waals surface area contributed by atoms with Crippen LogP contribution in [-0.4, -0.2) is 36.8 Å². The van der Waals surface area contributed by atoms with Gasteiger partial charge in [0, 0.05) is 6.42 Å². The van der Waals surface area contributed by atoms with Gasteiger partial charge < -0.3 is 28.4 Å². The minimum absolute atomic E-state index is 0.269. The largest absolute Gasteiger partial charge is 0.459 e. The number of ether oxygens (including phenoxy) is 6. The Bertz CT molecular complexity index is 1600. The first-order valence-electron chi connectivity index (χ1n) is 16.7. The molecule has 1 saturated heterocycles. The van der Waals surface area contributed by atoms with Crippen molar-refractivity contribution in [3.8, 4) is 5.75 Å². The van der Waals surface area contributed by atoms with Crippen LogP contribution in [0.4, 0.5) is 0 Å². The molecule has 0 bridgehead atoms. The van der Waals surface area contributed by atoms with E-state index >= 15 is 0 Å². The van der Waals surface area contributed by atoms with Crippen molar-refractivity contribution in [3.63, 3.8) is 0 Å². The van der Waals surface area contributed by atoms with Gasteiger partial charge in [-0.15, -0.1) is 0 Å². The van der Waals surface area contributed by atoms with E-state index in [1.54, 1.807) is 0 Å². The van der Waals surface area contributed by atoms with Crippen LogP contribution >= 0.6 is 0 Å². The van der Waals surface area contributed by atoms with Crippen LogP contribution in [-0.2, 0) is 50.1 Å². The molecule has 1 heterocycles. The Morgan fingerprint density at radius 1 is 0.500 bits per heavy atom. The van der Waals surface area contributed by atoms with Gasteiger partial charge in [0.2, 0.25) is 5.79 Å². The Labute approximate surface area is 284 Å². The lowest BCUT2D eigenvalue weighted by atomic mass is 9.89. The van der Waals surface area contributed by atoms with Gasteiger partial charge in [-0.05, 0) is 34.4 Å². The van der Waals surface area contributed by atoms with Gasteiger partial charge in [-0.1, -0.05) is 146 Å². The minimum atomic E-state index is -1.20. The first kappa shape index (κ1) is 33.6. The molecule has 6 rings (SSSR count). The fourth-order valence-electron chi connectivity index (χ4n) is 6.05. The van der Waals surface area contributed by atoms with Gasteiger partial charge in [0.25, 0.3) is 0 Å². The zero-order chi connectivity index (χ0) is 32.9. The van der Waals surface area contributed by atoms with Crippen molar-refractivity contribution in [1.29, 1.82) is 0 Å². The molecule has 0 amide bonds. The van der Waals surface area contributed by atoms with Crippen molar-refractivity contribution in [2.75, 3.05) is 6.61 Å². The van der Waals surface area contributed by atoms with E-state index in [2.05, 4.69) is 55.5 Å². The van der Waals surface area contributed by atoms with Crippen molar-refractivity contribution in [2.24, 2.45) is 0 Å². The van der Waals surface area contributed by atoms with Crippen molar-refractivity contribution in [2.45, 2.75) is 70.0 Å². The van der Waals surface area contributed by atoms with E-state index in [4.69, 9.17) is 28.4 Å². The number of hydrogen-bond acceptors (Lipinski definition) is 6. The highest BCUT2D eigenvalue weighted by atomic mass is 16.7. The van der Waals surface area contributed by atoms with Crippen LogP contribution < -0.4 is 4.74 Å². The van der Waals surface area contributed by atoms with E-state index in [1.807, 2.05) is 103 Å². The SMILES string of the molecule is CC[C@]1(Oc2ccccc2)O[C@H](COCc2ccccc2)[C@@H](OCc2ccccc2)[C@H](OCc2ccccc2)[C@H]1OCc1ccccc1. The number of para-hydroxylation sites is 1. The quantitative estimate of drug-likeness (QED) is 0.107. The Kier molecular flexibility index (Phi) is 12.0. The third-order valence-electron chi connectivity index (χ3n) is 8.54. The number of rotatable bonds is 16. The standard InChI is InChI=1S/C42H44O6/c1-2-42(47-37-26-16-7-17-27-37)41(46-31-36-24-14-6-15-25-36)40(45-30-35-22-12-5-13-23-35)39(44-29-34-20-10-4-11-21-34)38(48-42)32-43-28-33-18-8-3-9-19-33/h3-27,38-41H,2,28-32H2,1H3/t38-,39-,40+,41-,42+/m1/s1. The number of hydrogen-bond donors (Lipinski definition) is 0. The molecule has 1 aliphatic rings. The summed E-state index contributed by atoms with van der Waals surface area (Å²) in [5.41, 5.74) is 4.23. The maximum Gasteiger partial charge on any atom is 0.239 e. The maximum atomic E-state index is 7.07. The summed E-state index contributed by atoms with van der Waals surface area (Å²) in [7, 11) is 0. The lowest BCUT2D eigenvalue weighted by molar-refractivity contribution is -0.361. The summed E-state index contributed by atoms with van der Waals surface area (Å²) in [5.74, 6) is -0.521. The molecule has 0 radical (unpaired) electrons. The van der Waals surface area contributed by atoms with E-state index < -0.39 is 30.2 Å². The van der Waals surface area contributed by atoms with Crippen molar-refractivity contribution >= 4 is 0 Å². The third kappa shape index (κ3) is 8.98. The average Bonchev–Trinajstić information content (AvgIpc) is 3.15. The first-order valence-corrected chi connectivity index (χ1v) is 16.7. The van der Waals surface area contributed by atoms with E-state index in [9.17, 15) is 0 Å². The Morgan fingerprint density at radius 2 is 0.917 bits per heavy atom. The van der Waals surface area contributed by atoms with E-state index in [1.165, 1.54) is 0 Å². The lowest BCUT2D eigenvalue weighted by Gasteiger charge is -2.52. The van der Waals surface area contributed by atoms with Gasteiger partial charge in [-0.2, -0.15) is 0 Å². The van der Waals surface area contributed by atoms with E-state index in [0.717, 1.165) is 22.3 Å². The second kappa shape index (κ2) is 17.2. The van der Waals surface area contributed by atoms with E-state index in [-0.39, 0.29) is 6.61 Å². The summed E-state index contributed by atoms with van der Waals surface area (Å²) in [6, 6.07) is 50.3. The molecule has 0 N–H and O–H groups in total.